The van der Waals surface area contributed by atoms with E-state index >= 15 is 0 Å². The zero-order chi connectivity index (χ0) is 13.6. The molecule has 0 radical (unpaired) electrons. The number of carboxylic acids is 1. The van der Waals surface area contributed by atoms with E-state index in [1.54, 1.807) is 27.7 Å². The Bertz CT molecular complexity index is 293. The third-order valence-corrected chi connectivity index (χ3v) is 2.09. The summed E-state index contributed by atoms with van der Waals surface area (Å²) in [6.45, 7) is 10.4. The number of nitrogens with one attached hydrogen (secondary N) is 1. The van der Waals surface area contributed by atoms with Crippen LogP contribution in [0.25, 0.3) is 0 Å². The first-order valence-electron chi connectivity index (χ1n) is 5.50. The fourth-order valence-electron chi connectivity index (χ4n) is 1.29. The van der Waals surface area contributed by atoms with Crippen LogP contribution in [0.4, 0.5) is 4.79 Å². The molecule has 0 aliphatic rings. The summed E-state index contributed by atoms with van der Waals surface area (Å²) in [5, 5.41) is 11.5. The van der Waals surface area contributed by atoms with E-state index in [1.165, 1.54) is 6.08 Å². The lowest BCUT2D eigenvalue weighted by molar-refractivity contribution is -0.142. The summed E-state index contributed by atoms with van der Waals surface area (Å²) >= 11 is 0. The van der Waals surface area contributed by atoms with Gasteiger partial charge in [0.15, 0.2) is 0 Å². The fraction of sp³-hybridized carbons (Fsp3) is 0.667. The molecule has 0 saturated carbocycles. The Kier molecular flexibility index (Phi) is 5.71. The van der Waals surface area contributed by atoms with E-state index in [9.17, 15) is 9.59 Å². The number of hydrogen-bond acceptors (Lipinski definition) is 3. The molecule has 0 rings (SSSR count). The van der Waals surface area contributed by atoms with Gasteiger partial charge in [0.05, 0.1) is 5.92 Å². The van der Waals surface area contributed by atoms with Crippen molar-refractivity contribution in [2.75, 3.05) is 0 Å². The lowest BCUT2D eigenvalue weighted by atomic mass is 9.98. The minimum Gasteiger partial charge on any atom is -0.481 e. The van der Waals surface area contributed by atoms with Crippen molar-refractivity contribution in [1.82, 2.24) is 5.32 Å². The number of carbonyl (C=O) groups excluding carboxylic acids is 1. The predicted molar refractivity (Wildman–Crippen MR) is 64.8 cm³/mol. The Morgan fingerprint density at radius 3 is 2.35 bits per heavy atom. The van der Waals surface area contributed by atoms with E-state index in [0.29, 0.717) is 6.42 Å². The standard InChI is InChI=1S/C12H21NO4/c1-6-7-9(10(14)15)8(2)13-11(16)17-12(3,4)5/h6,8-9H,1,7H2,2-5H3,(H,13,16)(H,14,15)/t8-,9-/m1/s1. The van der Waals surface area contributed by atoms with Crippen molar-refractivity contribution < 1.29 is 19.4 Å². The van der Waals surface area contributed by atoms with Gasteiger partial charge in [0, 0.05) is 6.04 Å². The highest BCUT2D eigenvalue weighted by molar-refractivity contribution is 5.73. The van der Waals surface area contributed by atoms with Gasteiger partial charge in [-0.3, -0.25) is 4.79 Å². The van der Waals surface area contributed by atoms with Crippen LogP contribution in [0.3, 0.4) is 0 Å². The molecular formula is C12H21NO4. The third-order valence-electron chi connectivity index (χ3n) is 2.09. The third kappa shape index (κ3) is 6.60. The second-order valence-corrected chi connectivity index (χ2v) is 4.90. The van der Waals surface area contributed by atoms with Crippen LogP contribution < -0.4 is 5.32 Å². The molecule has 98 valence electrons. The quantitative estimate of drug-likeness (QED) is 0.726. The molecule has 0 saturated heterocycles. The molecule has 17 heavy (non-hydrogen) atoms. The molecule has 0 aromatic heterocycles. The minimum absolute atomic E-state index is 0.298. The second-order valence-electron chi connectivity index (χ2n) is 4.90. The van der Waals surface area contributed by atoms with E-state index in [-0.39, 0.29) is 0 Å². The van der Waals surface area contributed by atoms with Gasteiger partial charge in [-0.2, -0.15) is 0 Å². The molecule has 0 aliphatic carbocycles. The molecule has 0 bridgehead atoms. The topological polar surface area (TPSA) is 75.6 Å². The second kappa shape index (κ2) is 6.27. The van der Waals surface area contributed by atoms with E-state index in [2.05, 4.69) is 11.9 Å². The van der Waals surface area contributed by atoms with Gasteiger partial charge in [-0.1, -0.05) is 6.08 Å². The molecular weight excluding hydrogens is 222 g/mol. The smallest absolute Gasteiger partial charge is 0.407 e. The number of carboxylic acid groups (broad SMARTS) is 1. The van der Waals surface area contributed by atoms with Gasteiger partial charge in [-0.15, -0.1) is 6.58 Å². The number of hydrogen-bond donors (Lipinski definition) is 2. The summed E-state index contributed by atoms with van der Waals surface area (Å²) in [5.41, 5.74) is -0.596. The first kappa shape index (κ1) is 15.5. The zero-order valence-electron chi connectivity index (χ0n) is 10.8. The number of ether oxygens (including phenoxy) is 1. The fourth-order valence-corrected chi connectivity index (χ4v) is 1.29. The first-order valence-corrected chi connectivity index (χ1v) is 5.50. The first-order chi connectivity index (χ1) is 7.67. The highest BCUT2D eigenvalue weighted by Crippen LogP contribution is 2.12. The molecule has 5 heteroatoms. The number of amides is 1. The van der Waals surface area contributed by atoms with Crippen LogP contribution in [0.1, 0.15) is 34.1 Å². The van der Waals surface area contributed by atoms with E-state index < -0.39 is 29.6 Å². The summed E-state index contributed by atoms with van der Waals surface area (Å²) in [4.78, 5) is 22.4. The van der Waals surface area contributed by atoms with Crippen molar-refractivity contribution in [2.24, 2.45) is 5.92 Å². The Hall–Kier alpha value is -1.52. The highest BCUT2D eigenvalue weighted by Gasteiger charge is 2.26. The number of allylic oxidation sites excluding steroid dienone is 1. The van der Waals surface area contributed by atoms with Crippen molar-refractivity contribution in [3.8, 4) is 0 Å². The lowest BCUT2D eigenvalue weighted by Crippen LogP contribution is -2.43. The van der Waals surface area contributed by atoms with E-state index in [4.69, 9.17) is 9.84 Å². The Morgan fingerprint density at radius 1 is 1.47 bits per heavy atom. The maximum atomic E-state index is 11.4. The molecule has 0 heterocycles. The van der Waals surface area contributed by atoms with E-state index in [1.807, 2.05) is 0 Å². The predicted octanol–water partition coefficient (Wildman–Crippen LogP) is 2.18. The average molecular weight is 243 g/mol. The number of rotatable bonds is 5. The monoisotopic (exact) mass is 243 g/mol. The Labute approximate surface area is 102 Å². The summed E-state index contributed by atoms with van der Waals surface area (Å²) in [5.74, 6) is -1.66. The molecule has 1 amide bonds. The van der Waals surface area contributed by atoms with Crippen LogP contribution in [0.15, 0.2) is 12.7 Å². The van der Waals surface area contributed by atoms with Crippen LogP contribution in [0.5, 0.6) is 0 Å². The largest absolute Gasteiger partial charge is 0.481 e. The lowest BCUT2D eigenvalue weighted by Gasteiger charge is -2.24. The SMILES string of the molecule is C=CC[C@@H](C(=O)O)[C@@H](C)NC(=O)OC(C)(C)C. The number of aliphatic carboxylic acids is 1. The van der Waals surface area contributed by atoms with Gasteiger partial charge in [-0.25, -0.2) is 4.79 Å². The van der Waals surface area contributed by atoms with Crippen LogP contribution in [0, 0.1) is 5.92 Å². The summed E-state index contributed by atoms with van der Waals surface area (Å²) in [6.07, 6.45) is 1.21. The molecule has 2 N–H and O–H groups in total. The van der Waals surface area contributed by atoms with Gasteiger partial charge in [0.2, 0.25) is 0 Å². The van der Waals surface area contributed by atoms with Crippen LogP contribution in [0.2, 0.25) is 0 Å². The Balaban J connectivity index is 4.40. The zero-order valence-corrected chi connectivity index (χ0v) is 10.8. The van der Waals surface area contributed by atoms with Crippen molar-refractivity contribution >= 4 is 12.1 Å². The summed E-state index contributed by atoms with van der Waals surface area (Å²) in [6, 6.07) is -0.514. The molecule has 0 aromatic carbocycles. The van der Waals surface area contributed by atoms with Crippen LogP contribution >= 0.6 is 0 Å². The molecule has 0 aliphatic heterocycles. The van der Waals surface area contributed by atoms with Gasteiger partial charge in [0.1, 0.15) is 5.60 Å². The maximum Gasteiger partial charge on any atom is 0.407 e. The molecule has 0 unspecified atom stereocenters. The van der Waals surface area contributed by atoms with Crippen LogP contribution in [-0.2, 0) is 9.53 Å². The van der Waals surface area contributed by atoms with Crippen molar-refractivity contribution in [1.29, 1.82) is 0 Å². The van der Waals surface area contributed by atoms with Crippen LogP contribution in [-0.4, -0.2) is 28.8 Å². The number of carbonyl (C=O) groups is 2. The molecule has 5 nitrogen and oxygen atoms in total. The molecule has 2 atom stereocenters. The molecule has 0 fully saturated rings. The van der Waals surface area contributed by atoms with Gasteiger partial charge in [0.25, 0.3) is 0 Å². The van der Waals surface area contributed by atoms with Crippen molar-refractivity contribution in [3.63, 3.8) is 0 Å². The van der Waals surface area contributed by atoms with Gasteiger partial charge in [-0.05, 0) is 34.1 Å². The Morgan fingerprint density at radius 2 is 2.00 bits per heavy atom. The van der Waals surface area contributed by atoms with E-state index in [0.717, 1.165) is 0 Å². The normalized spacial score (nSPS) is 14.6. The van der Waals surface area contributed by atoms with Crippen molar-refractivity contribution in [2.45, 2.75) is 45.8 Å². The summed E-state index contributed by atoms with van der Waals surface area (Å²) < 4.78 is 5.05. The van der Waals surface area contributed by atoms with Crippen molar-refractivity contribution in [3.05, 3.63) is 12.7 Å². The molecule has 0 aromatic rings. The molecule has 0 spiro atoms. The summed E-state index contributed by atoms with van der Waals surface area (Å²) in [7, 11) is 0. The minimum atomic E-state index is -0.964. The average Bonchev–Trinajstić information content (AvgIpc) is 2.09. The number of alkyl carbamates (subject to hydrolysis) is 1. The maximum absolute atomic E-state index is 11.4. The highest BCUT2D eigenvalue weighted by atomic mass is 16.6. The van der Waals surface area contributed by atoms with Gasteiger partial charge < -0.3 is 15.2 Å². The van der Waals surface area contributed by atoms with Gasteiger partial charge >= 0.3 is 12.1 Å².